The Bertz CT molecular complexity index is 704. The summed E-state index contributed by atoms with van der Waals surface area (Å²) >= 11 is 5.02. The largest absolute Gasteiger partial charge is 0.389 e. The van der Waals surface area contributed by atoms with Gasteiger partial charge in [0.05, 0.1) is 11.3 Å². The first-order valence-electron chi connectivity index (χ1n) is 6.21. The van der Waals surface area contributed by atoms with Crippen LogP contribution < -0.4 is 11.1 Å². The molecular weight excluding hydrogens is 294 g/mol. The van der Waals surface area contributed by atoms with Crippen molar-refractivity contribution in [2.45, 2.75) is 20.4 Å². The van der Waals surface area contributed by atoms with Crippen molar-refractivity contribution in [2.24, 2.45) is 5.73 Å². The highest BCUT2D eigenvalue weighted by Crippen LogP contribution is 2.19. The van der Waals surface area contributed by atoms with E-state index in [1.54, 1.807) is 6.92 Å². The van der Waals surface area contributed by atoms with Crippen LogP contribution in [0.25, 0.3) is 0 Å². The Labute approximate surface area is 126 Å². The fraction of sp³-hybridized carbons (Fsp3) is 0.214. The third-order valence-corrected chi connectivity index (χ3v) is 3.37. The molecule has 3 N–H and O–H groups in total. The Morgan fingerprint density at radius 1 is 1.29 bits per heavy atom. The maximum Gasteiger partial charge on any atom is 0.159 e. The van der Waals surface area contributed by atoms with E-state index in [9.17, 15) is 8.78 Å². The minimum absolute atomic E-state index is 0.124. The molecule has 0 fully saturated rings. The molecule has 1 aromatic heterocycles. The van der Waals surface area contributed by atoms with Crippen molar-refractivity contribution in [3.63, 3.8) is 0 Å². The lowest BCUT2D eigenvalue weighted by molar-refractivity contribution is 0.574. The van der Waals surface area contributed by atoms with Crippen molar-refractivity contribution in [3.05, 3.63) is 52.2 Å². The van der Waals surface area contributed by atoms with Crippen molar-refractivity contribution < 1.29 is 8.78 Å². The second-order valence-corrected chi connectivity index (χ2v) is 5.03. The summed E-state index contributed by atoms with van der Waals surface area (Å²) in [5.41, 5.74) is 8.13. The van der Waals surface area contributed by atoms with Crippen LogP contribution in [-0.4, -0.2) is 15.2 Å². The topological polar surface area (TPSA) is 63.8 Å². The number of rotatable bonds is 4. The number of nitrogens with zero attached hydrogens (tertiary/aromatic N) is 2. The molecule has 4 nitrogen and oxygen atoms in total. The molecule has 0 spiro atoms. The van der Waals surface area contributed by atoms with Crippen LogP contribution in [0.4, 0.5) is 14.6 Å². The molecule has 0 aliphatic rings. The molecule has 0 bridgehead atoms. The van der Waals surface area contributed by atoms with Gasteiger partial charge in [-0.3, -0.25) is 0 Å². The van der Waals surface area contributed by atoms with Gasteiger partial charge in [0.25, 0.3) is 0 Å². The first kappa shape index (κ1) is 15.2. The van der Waals surface area contributed by atoms with E-state index in [-0.39, 0.29) is 11.5 Å². The van der Waals surface area contributed by atoms with E-state index in [0.717, 1.165) is 17.3 Å². The SMILES string of the molecule is Cc1nnc(NCc2ccc(F)cc2F)c(C(N)=S)c1C. The number of hydrogen-bond donors (Lipinski definition) is 2. The van der Waals surface area contributed by atoms with Gasteiger partial charge in [0.1, 0.15) is 16.6 Å². The zero-order valence-electron chi connectivity index (χ0n) is 11.6. The maximum absolute atomic E-state index is 13.6. The van der Waals surface area contributed by atoms with Gasteiger partial charge in [-0.25, -0.2) is 8.78 Å². The number of anilines is 1. The Kier molecular flexibility index (Phi) is 4.42. The maximum atomic E-state index is 13.6. The lowest BCUT2D eigenvalue weighted by Crippen LogP contribution is -2.18. The zero-order valence-corrected chi connectivity index (χ0v) is 12.4. The van der Waals surface area contributed by atoms with E-state index in [0.29, 0.717) is 16.9 Å². The molecule has 0 atom stereocenters. The predicted octanol–water partition coefficient (Wildman–Crippen LogP) is 2.62. The predicted molar refractivity (Wildman–Crippen MR) is 81.1 cm³/mol. The minimum Gasteiger partial charge on any atom is -0.389 e. The second kappa shape index (κ2) is 6.09. The fourth-order valence-corrected chi connectivity index (χ4v) is 2.13. The van der Waals surface area contributed by atoms with Gasteiger partial charge in [-0.1, -0.05) is 18.3 Å². The van der Waals surface area contributed by atoms with E-state index in [1.165, 1.54) is 12.1 Å². The molecule has 7 heteroatoms. The van der Waals surface area contributed by atoms with E-state index in [4.69, 9.17) is 18.0 Å². The number of hydrogen-bond acceptors (Lipinski definition) is 4. The van der Waals surface area contributed by atoms with Gasteiger partial charge in [0, 0.05) is 18.2 Å². The smallest absolute Gasteiger partial charge is 0.159 e. The fourth-order valence-electron chi connectivity index (χ4n) is 1.88. The van der Waals surface area contributed by atoms with Crippen LogP contribution in [0.1, 0.15) is 22.4 Å². The molecule has 1 aromatic carbocycles. The summed E-state index contributed by atoms with van der Waals surface area (Å²) in [5.74, 6) is -0.864. The number of benzene rings is 1. The Hall–Kier alpha value is -2.15. The first-order valence-corrected chi connectivity index (χ1v) is 6.62. The molecule has 0 saturated heterocycles. The summed E-state index contributed by atoms with van der Waals surface area (Å²) in [7, 11) is 0. The number of aryl methyl sites for hydroxylation is 1. The number of nitrogens with one attached hydrogen (secondary N) is 1. The van der Waals surface area contributed by atoms with E-state index >= 15 is 0 Å². The molecule has 21 heavy (non-hydrogen) atoms. The number of thiocarbonyl (C=S) groups is 1. The molecule has 1 heterocycles. The summed E-state index contributed by atoms with van der Waals surface area (Å²) in [5, 5.41) is 10.9. The van der Waals surface area contributed by atoms with Crippen molar-refractivity contribution >= 4 is 23.0 Å². The molecule has 0 amide bonds. The summed E-state index contributed by atoms with van der Waals surface area (Å²) in [4.78, 5) is 0.188. The van der Waals surface area contributed by atoms with Crippen molar-refractivity contribution in [2.75, 3.05) is 5.32 Å². The average Bonchev–Trinajstić information content (AvgIpc) is 2.41. The molecule has 0 radical (unpaired) electrons. The number of halogens is 2. The number of nitrogens with two attached hydrogens (primary N) is 1. The molecule has 110 valence electrons. The normalized spacial score (nSPS) is 10.5. The molecule has 2 aromatic rings. The van der Waals surface area contributed by atoms with E-state index in [2.05, 4.69) is 15.5 Å². The standard InChI is InChI=1S/C14H14F2N4S/c1-7-8(2)19-20-14(12(7)13(17)21)18-6-9-3-4-10(15)5-11(9)16/h3-5H,6H2,1-2H3,(H2,17,21)(H,18,20). The molecule has 0 saturated carbocycles. The molecule has 0 unspecified atom stereocenters. The highest BCUT2D eigenvalue weighted by molar-refractivity contribution is 7.80. The van der Waals surface area contributed by atoms with Gasteiger partial charge >= 0.3 is 0 Å². The highest BCUT2D eigenvalue weighted by Gasteiger charge is 2.14. The van der Waals surface area contributed by atoms with Crippen molar-refractivity contribution in [1.82, 2.24) is 10.2 Å². The van der Waals surface area contributed by atoms with Gasteiger partial charge in [-0.15, -0.1) is 5.10 Å². The summed E-state index contributed by atoms with van der Waals surface area (Å²) < 4.78 is 26.5. The zero-order chi connectivity index (χ0) is 15.6. The summed E-state index contributed by atoms with van der Waals surface area (Å²) in [6, 6.07) is 3.39. The third kappa shape index (κ3) is 3.30. The second-order valence-electron chi connectivity index (χ2n) is 4.59. The molecular formula is C14H14F2N4S. The monoisotopic (exact) mass is 308 g/mol. The Balaban J connectivity index is 2.28. The lowest BCUT2D eigenvalue weighted by Gasteiger charge is -2.13. The Morgan fingerprint density at radius 2 is 2.00 bits per heavy atom. The van der Waals surface area contributed by atoms with Crippen LogP contribution in [0.15, 0.2) is 18.2 Å². The van der Waals surface area contributed by atoms with Crippen molar-refractivity contribution in [1.29, 1.82) is 0 Å². The van der Waals surface area contributed by atoms with Crippen LogP contribution in [0.3, 0.4) is 0 Å². The van der Waals surface area contributed by atoms with E-state index in [1.807, 2.05) is 6.92 Å². The van der Waals surface area contributed by atoms with Crippen LogP contribution in [0.5, 0.6) is 0 Å². The van der Waals surface area contributed by atoms with E-state index < -0.39 is 11.6 Å². The van der Waals surface area contributed by atoms with Crippen LogP contribution in [0.2, 0.25) is 0 Å². The quantitative estimate of drug-likeness (QED) is 0.850. The average molecular weight is 308 g/mol. The summed E-state index contributed by atoms with van der Waals surface area (Å²) in [6.07, 6.45) is 0. The molecule has 2 rings (SSSR count). The van der Waals surface area contributed by atoms with Crippen LogP contribution in [-0.2, 0) is 6.54 Å². The van der Waals surface area contributed by atoms with Crippen LogP contribution >= 0.6 is 12.2 Å². The van der Waals surface area contributed by atoms with Gasteiger partial charge in [-0.2, -0.15) is 5.10 Å². The van der Waals surface area contributed by atoms with Gasteiger partial charge in [0.15, 0.2) is 5.82 Å². The first-order chi connectivity index (χ1) is 9.90. The molecule has 0 aliphatic carbocycles. The van der Waals surface area contributed by atoms with Gasteiger partial charge in [-0.05, 0) is 25.5 Å². The summed E-state index contributed by atoms with van der Waals surface area (Å²) in [6.45, 7) is 3.76. The lowest BCUT2D eigenvalue weighted by atomic mass is 10.1. The highest BCUT2D eigenvalue weighted by atomic mass is 32.1. The minimum atomic E-state index is -0.629. The Morgan fingerprint density at radius 3 is 2.62 bits per heavy atom. The third-order valence-electron chi connectivity index (χ3n) is 3.16. The molecule has 0 aliphatic heterocycles. The van der Waals surface area contributed by atoms with Gasteiger partial charge < -0.3 is 11.1 Å². The van der Waals surface area contributed by atoms with Crippen LogP contribution in [0, 0.1) is 25.5 Å². The number of aromatic nitrogens is 2. The van der Waals surface area contributed by atoms with Crippen molar-refractivity contribution in [3.8, 4) is 0 Å². The van der Waals surface area contributed by atoms with Gasteiger partial charge in [0.2, 0.25) is 0 Å².